The van der Waals surface area contributed by atoms with Crippen LogP contribution in [0.15, 0.2) is 96.6 Å². The van der Waals surface area contributed by atoms with Gasteiger partial charge in [-0.25, -0.2) is 5.43 Å². The van der Waals surface area contributed by atoms with Crippen molar-refractivity contribution in [2.75, 3.05) is 13.2 Å². The van der Waals surface area contributed by atoms with Gasteiger partial charge in [0.05, 0.1) is 6.21 Å². The molecular formula is C25H24N2O4. The van der Waals surface area contributed by atoms with Crippen LogP contribution >= 0.6 is 0 Å². The molecule has 1 N–H and O–H groups in total. The lowest BCUT2D eigenvalue weighted by Crippen LogP contribution is -2.24. The zero-order chi connectivity index (χ0) is 21.7. The molecule has 0 aliphatic carbocycles. The molecule has 0 atom stereocenters. The highest BCUT2D eigenvalue weighted by Crippen LogP contribution is 2.19. The molecule has 0 heterocycles. The predicted octanol–water partition coefficient (Wildman–Crippen LogP) is 4.36. The van der Waals surface area contributed by atoms with Crippen LogP contribution in [-0.4, -0.2) is 25.3 Å². The van der Waals surface area contributed by atoms with Crippen molar-refractivity contribution in [3.63, 3.8) is 0 Å². The number of rotatable bonds is 11. The Bertz CT molecular complexity index is 1000. The van der Waals surface area contributed by atoms with Crippen molar-refractivity contribution in [3.8, 4) is 17.2 Å². The molecule has 3 aromatic carbocycles. The van der Waals surface area contributed by atoms with Crippen LogP contribution in [0.2, 0.25) is 0 Å². The summed E-state index contributed by atoms with van der Waals surface area (Å²) in [7, 11) is 0. The molecule has 0 unspecified atom stereocenters. The van der Waals surface area contributed by atoms with Gasteiger partial charge in [0.1, 0.15) is 30.5 Å². The van der Waals surface area contributed by atoms with Crippen molar-refractivity contribution in [1.82, 2.24) is 5.43 Å². The summed E-state index contributed by atoms with van der Waals surface area (Å²) < 4.78 is 16.8. The number of para-hydroxylation sites is 1. The second kappa shape index (κ2) is 11.8. The van der Waals surface area contributed by atoms with E-state index in [2.05, 4.69) is 17.1 Å². The van der Waals surface area contributed by atoms with Crippen molar-refractivity contribution < 1.29 is 19.0 Å². The lowest BCUT2D eigenvalue weighted by Gasteiger charge is -2.08. The molecule has 0 spiro atoms. The number of hydrogen-bond donors (Lipinski definition) is 1. The zero-order valence-electron chi connectivity index (χ0n) is 17.1. The van der Waals surface area contributed by atoms with Gasteiger partial charge < -0.3 is 14.2 Å². The third-order valence-electron chi connectivity index (χ3n) is 4.11. The average Bonchev–Trinajstić information content (AvgIpc) is 2.82. The first-order valence-electron chi connectivity index (χ1n) is 9.79. The smallest absolute Gasteiger partial charge is 0.277 e. The van der Waals surface area contributed by atoms with Crippen molar-refractivity contribution in [3.05, 3.63) is 103 Å². The van der Waals surface area contributed by atoms with E-state index in [4.69, 9.17) is 14.2 Å². The third-order valence-corrected chi connectivity index (χ3v) is 4.11. The Balaban J connectivity index is 1.42. The number of benzene rings is 3. The summed E-state index contributed by atoms with van der Waals surface area (Å²) in [5, 5.41) is 3.96. The van der Waals surface area contributed by atoms with Crippen LogP contribution in [0.1, 0.15) is 11.1 Å². The topological polar surface area (TPSA) is 69.2 Å². The third kappa shape index (κ3) is 7.36. The molecule has 0 radical (unpaired) electrons. The number of nitrogens with one attached hydrogen (secondary N) is 1. The van der Waals surface area contributed by atoms with Crippen LogP contribution in [0.3, 0.4) is 0 Å². The molecule has 0 fully saturated rings. The first-order chi connectivity index (χ1) is 15.2. The minimum atomic E-state index is -0.370. The average molecular weight is 416 g/mol. The number of carbonyl (C=O) groups is 1. The van der Waals surface area contributed by atoms with Gasteiger partial charge in [0.15, 0.2) is 6.61 Å². The highest BCUT2D eigenvalue weighted by Gasteiger charge is 2.03. The number of ether oxygens (including phenoxy) is 3. The van der Waals surface area contributed by atoms with Gasteiger partial charge >= 0.3 is 0 Å². The summed E-state index contributed by atoms with van der Waals surface area (Å²) in [6.45, 7) is 4.35. The van der Waals surface area contributed by atoms with E-state index in [1.54, 1.807) is 30.3 Å². The van der Waals surface area contributed by atoms with Crippen LogP contribution < -0.4 is 19.6 Å². The largest absolute Gasteiger partial charge is 0.489 e. The highest BCUT2D eigenvalue weighted by molar-refractivity contribution is 5.85. The number of nitrogens with zero attached hydrogens (tertiary/aromatic N) is 1. The Labute approximate surface area is 181 Å². The maximum Gasteiger partial charge on any atom is 0.277 e. The van der Waals surface area contributed by atoms with Gasteiger partial charge in [0.2, 0.25) is 0 Å². The Morgan fingerprint density at radius 1 is 0.871 bits per heavy atom. The van der Waals surface area contributed by atoms with E-state index in [9.17, 15) is 4.79 Å². The van der Waals surface area contributed by atoms with E-state index < -0.39 is 0 Å². The summed E-state index contributed by atoms with van der Waals surface area (Å²) in [5.74, 6) is 1.58. The maximum atomic E-state index is 12.0. The van der Waals surface area contributed by atoms with E-state index in [1.807, 2.05) is 54.6 Å². The van der Waals surface area contributed by atoms with Gasteiger partial charge in [0, 0.05) is 5.56 Å². The van der Waals surface area contributed by atoms with Crippen LogP contribution in [0, 0.1) is 0 Å². The molecule has 3 rings (SSSR count). The summed E-state index contributed by atoms with van der Waals surface area (Å²) in [6.07, 6.45) is 3.18. The molecule has 158 valence electrons. The van der Waals surface area contributed by atoms with Crippen molar-refractivity contribution in [2.24, 2.45) is 5.10 Å². The second-order valence-corrected chi connectivity index (χ2v) is 6.47. The molecule has 6 heteroatoms. The quantitative estimate of drug-likeness (QED) is 0.286. The summed E-state index contributed by atoms with van der Waals surface area (Å²) in [5.41, 5.74) is 4.28. The molecule has 0 aliphatic rings. The molecule has 1 amide bonds. The minimum Gasteiger partial charge on any atom is -0.489 e. The Morgan fingerprint density at radius 2 is 1.55 bits per heavy atom. The molecule has 0 aromatic heterocycles. The predicted molar refractivity (Wildman–Crippen MR) is 121 cm³/mol. The molecule has 6 nitrogen and oxygen atoms in total. The van der Waals surface area contributed by atoms with Crippen LogP contribution in [-0.2, 0) is 11.4 Å². The maximum absolute atomic E-state index is 12.0. The number of carbonyl (C=O) groups excluding carboxylic acids is 1. The van der Waals surface area contributed by atoms with E-state index in [1.165, 1.54) is 6.21 Å². The first kappa shape index (κ1) is 21.6. The fourth-order valence-corrected chi connectivity index (χ4v) is 2.60. The fourth-order valence-electron chi connectivity index (χ4n) is 2.60. The Kier molecular flexibility index (Phi) is 8.26. The molecule has 0 saturated heterocycles. The highest BCUT2D eigenvalue weighted by atomic mass is 16.5. The monoisotopic (exact) mass is 416 g/mol. The van der Waals surface area contributed by atoms with Gasteiger partial charge in [-0.2, -0.15) is 5.10 Å². The lowest BCUT2D eigenvalue weighted by molar-refractivity contribution is -0.123. The normalized spacial score (nSPS) is 10.5. The van der Waals surface area contributed by atoms with Gasteiger partial charge in [-0.15, -0.1) is 0 Å². The molecule has 0 bridgehead atoms. The van der Waals surface area contributed by atoms with Crippen LogP contribution in [0.5, 0.6) is 17.2 Å². The van der Waals surface area contributed by atoms with Crippen LogP contribution in [0.4, 0.5) is 0 Å². The zero-order valence-corrected chi connectivity index (χ0v) is 17.1. The Morgan fingerprint density at radius 3 is 2.29 bits per heavy atom. The molecular weight excluding hydrogens is 392 g/mol. The van der Waals surface area contributed by atoms with E-state index >= 15 is 0 Å². The van der Waals surface area contributed by atoms with Gasteiger partial charge in [-0.05, 0) is 42.0 Å². The number of amides is 1. The van der Waals surface area contributed by atoms with Gasteiger partial charge in [-0.3, -0.25) is 4.79 Å². The number of hydrogen-bond acceptors (Lipinski definition) is 5. The first-order valence-corrected chi connectivity index (χ1v) is 9.79. The van der Waals surface area contributed by atoms with Crippen molar-refractivity contribution in [2.45, 2.75) is 6.61 Å². The van der Waals surface area contributed by atoms with Gasteiger partial charge in [-0.1, -0.05) is 55.1 Å². The van der Waals surface area contributed by atoms with E-state index in [-0.39, 0.29) is 12.5 Å². The summed E-state index contributed by atoms with van der Waals surface area (Å²) >= 11 is 0. The van der Waals surface area contributed by atoms with Crippen molar-refractivity contribution in [1.29, 1.82) is 0 Å². The van der Waals surface area contributed by atoms with Crippen molar-refractivity contribution >= 4 is 12.1 Å². The fraction of sp³-hybridized carbons (Fsp3) is 0.120. The SMILES string of the molecule is C=CCOc1ccccc1/C=N/NC(=O)COc1ccc(OCc2ccccc2)cc1. The summed E-state index contributed by atoms with van der Waals surface area (Å²) in [4.78, 5) is 12.0. The molecule has 3 aromatic rings. The van der Waals surface area contributed by atoms with E-state index in [0.29, 0.717) is 24.7 Å². The van der Waals surface area contributed by atoms with E-state index in [0.717, 1.165) is 16.9 Å². The standard InChI is InChI=1S/C25H24N2O4/c1-2-16-29-24-11-7-6-10-21(24)17-26-27-25(28)19-31-23-14-12-22(13-15-23)30-18-20-8-4-3-5-9-20/h2-15,17H,1,16,18-19H2,(H,27,28)/b26-17+. The number of hydrazone groups is 1. The molecule has 31 heavy (non-hydrogen) atoms. The minimum absolute atomic E-state index is 0.157. The lowest BCUT2D eigenvalue weighted by atomic mass is 10.2. The summed E-state index contributed by atoms with van der Waals surface area (Å²) in [6, 6.07) is 24.4. The second-order valence-electron chi connectivity index (χ2n) is 6.47. The Hall–Kier alpha value is -4.06. The molecule has 0 saturated carbocycles. The van der Waals surface area contributed by atoms with Gasteiger partial charge in [0.25, 0.3) is 5.91 Å². The van der Waals surface area contributed by atoms with Crippen LogP contribution in [0.25, 0.3) is 0 Å². The molecule has 0 aliphatic heterocycles.